The molecule has 0 aliphatic carbocycles. The highest BCUT2D eigenvalue weighted by atomic mass is 16.2. The summed E-state index contributed by atoms with van der Waals surface area (Å²) < 4.78 is 3.60. The van der Waals surface area contributed by atoms with Crippen molar-refractivity contribution in [2.24, 2.45) is 0 Å². The van der Waals surface area contributed by atoms with Crippen LogP contribution in [0, 0.1) is 6.92 Å². The minimum Gasteiger partial charge on any atom is -0.326 e. The maximum absolute atomic E-state index is 12.6. The van der Waals surface area contributed by atoms with E-state index in [1.165, 1.54) is 0 Å². The Morgan fingerprint density at radius 1 is 1.14 bits per heavy atom. The summed E-state index contributed by atoms with van der Waals surface area (Å²) in [5, 5.41) is 11.4. The van der Waals surface area contributed by atoms with E-state index in [2.05, 4.69) is 15.5 Å². The molecule has 0 radical (unpaired) electrons. The number of aromatic nitrogens is 4. The van der Waals surface area contributed by atoms with Crippen LogP contribution in [0.4, 0.5) is 11.5 Å². The summed E-state index contributed by atoms with van der Waals surface area (Å²) in [7, 11) is 0. The van der Waals surface area contributed by atoms with Crippen LogP contribution in [0.25, 0.3) is 5.69 Å². The second-order valence-corrected chi connectivity index (χ2v) is 6.81. The molecule has 1 aliphatic heterocycles. The Hall–Kier alpha value is -3.42. The highest BCUT2D eigenvalue weighted by molar-refractivity contribution is 5.97. The van der Waals surface area contributed by atoms with E-state index in [4.69, 9.17) is 0 Å². The van der Waals surface area contributed by atoms with E-state index in [0.717, 1.165) is 30.2 Å². The van der Waals surface area contributed by atoms with Gasteiger partial charge >= 0.3 is 0 Å². The molecule has 4 rings (SSSR count). The number of benzene rings is 1. The van der Waals surface area contributed by atoms with E-state index in [1.807, 2.05) is 54.2 Å². The van der Waals surface area contributed by atoms with Gasteiger partial charge in [-0.25, -0.2) is 9.36 Å². The fraction of sp³-hybridized carbons (Fsp3) is 0.300. The molecular weight excluding hydrogens is 356 g/mol. The number of aryl methyl sites for hydroxylation is 2. The van der Waals surface area contributed by atoms with Crippen LogP contribution in [0.2, 0.25) is 0 Å². The van der Waals surface area contributed by atoms with Gasteiger partial charge in [-0.2, -0.15) is 10.2 Å². The highest BCUT2D eigenvalue weighted by Crippen LogP contribution is 2.22. The Kier molecular flexibility index (Phi) is 4.92. The van der Waals surface area contributed by atoms with Gasteiger partial charge in [-0.1, -0.05) is 0 Å². The number of amides is 2. The molecule has 0 saturated carbocycles. The molecular formula is C20H22N6O2. The summed E-state index contributed by atoms with van der Waals surface area (Å²) in [5.74, 6) is 0.593. The first kappa shape index (κ1) is 18.0. The number of nitrogens with one attached hydrogen (secondary N) is 1. The number of fused-ring (bicyclic) bond motifs is 1. The van der Waals surface area contributed by atoms with Crippen molar-refractivity contribution in [1.29, 1.82) is 0 Å². The maximum Gasteiger partial charge on any atom is 0.228 e. The SMILES string of the molecule is Cc1cc2n(n1)CCCN2C(=O)CCC(=O)Nc1ccc(-n2cccn2)cc1. The predicted molar refractivity (Wildman–Crippen MR) is 105 cm³/mol. The minimum absolute atomic E-state index is 0.0509. The van der Waals surface area contributed by atoms with Crippen molar-refractivity contribution >= 4 is 23.3 Å². The second-order valence-electron chi connectivity index (χ2n) is 6.81. The number of hydrogen-bond donors (Lipinski definition) is 1. The van der Waals surface area contributed by atoms with Crippen LogP contribution < -0.4 is 10.2 Å². The number of carbonyl (C=O) groups is 2. The van der Waals surface area contributed by atoms with Crippen molar-refractivity contribution in [2.45, 2.75) is 32.7 Å². The summed E-state index contributed by atoms with van der Waals surface area (Å²) in [6.07, 6.45) is 4.75. The lowest BCUT2D eigenvalue weighted by Gasteiger charge is -2.27. The van der Waals surface area contributed by atoms with Gasteiger partial charge in [0.15, 0.2) is 0 Å². The molecule has 0 bridgehead atoms. The normalized spacial score (nSPS) is 13.2. The lowest BCUT2D eigenvalue weighted by molar-refractivity contribution is -0.122. The Labute approximate surface area is 162 Å². The number of hydrogen-bond acceptors (Lipinski definition) is 4. The van der Waals surface area contributed by atoms with Gasteiger partial charge in [0.25, 0.3) is 0 Å². The largest absolute Gasteiger partial charge is 0.326 e. The molecule has 28 heavy (non-hydrogen) atoms. The van der Waals surface area contributed by atoms with Gasteiger partial charge in [0.1, 0.15) is 5.82 Å². The average molecular weight is 378 g/mol. The van der Waals surface area contributed by atoms with Gasteiger partial charge in [0.2, 0.25) is 11.8 Å². The van der Waals surface area contributed by atoms with Crippen molar-refractivity contribution in [3.63, 3.8) is 0 Å². The molecule has 3 aromatic rings. The number of carbonyl (C=O) groups excluding carboxylic acids is 2. The summed E-state index contributed by atoms with van der Waals surface area (Å²) in [5.41, 5.74) is 2.50. The van der Waals surface area contributed by atoms with Gasteiger partial charge in [-0.05, 0) is 43.7 Å². The second kappa shape index (κ2) is 7.67. The molecule has 0 spiro atoms. The molecule has 0 atom stereocenters. The van der Waals surface area contributed by atoms with Crippen LogP contribution in [-0.4, -0.2) is 37.9 Å². The third-order valence-electron chi connectivity index (χ3n) is 4.70. The van der Waals surface area contributed by atoms with E-state index < -0.39 is 0 Å². The van der Waals surface area contributed by atoms with Crippen molar-refractivity contribution in [3.05, 3.63) is 54.5 Å². The van der Waals surface area contributed by atoms with Gasteiger partial charge in [-0.3, -0.25) is 14.5 Å². The minimum atomic E-state index is -0.179. The van der Waals surface area contributed by atoms with Gasteiger partial charge < -0.3 is 5.32 Å². The van der Waals surface area contributed by atoms with E-state index in [1.54, 1.807) is 15.8 Å². The molecule has 1 aromatic carbocycles. The molecule has 2 amide bonds. The van der Waals surface area contributed by atoms with E-state index in [0.29, 0.717) is 12.2 Å². The smallest absolute Gasteiger partial charge is 0.228 e. The van der Waals surface area contributed by atoms with Crippen LogP contribution in [0.5, 0.6) is 0 Å². The van der Waals surface area contributed by atoms with Crippen LogP contribution in [0.1, 0.15) is 25.0 Å². The fourth-order valence-electron chi connectivity index (χ4n) is 3.36. The molecule has 2 aromatic heterocycles. The summed E-state index contributed by atoms with van der Waals surface area (Å²) in [4.78, 5) is 26.6. The monoisotopic (exact) mass is 378 g/mol. The van der Waals surface area contributed by atoms with Crippen molar-refractivity contribution in [2.75, 3.05) is 16.8 Å². The van der Waals surface area contributed by atoms with Crippen molar-refractivity contribution < 1.29 is 9.59 Å². The van der Waals surface area contributed by atoms with E-state index in [-0.39, 0.29) is 24.7 Å². The third kappa shape index (κ3) is 3.80. The Morgan fingerprint density at radius 2 is 1.96 bits per heavy atom. The topological polar surface area (TPSA) is 85.0 Å². The molecule has 144 valence electrons. The fourth-order valence-corrected chi connectivity index (χ4v) is 3.36. The first-order chi connectivity index (χ1) is 13.6. The zero-order valence-electron chi connectivity index (χ0n) is 15.7. The predicted octanol–water partition coefficient (Wildman–Crippen LogP) is 2.53. The van der Waals surface area contributed by atoms with Gasteiger partial charge in [-0.15, -0.1) is 0 Å². The van der Waals surface area contributed by atoms with Gasteiger partial charge in [0.05, 0.1) is 11.4 Å². The number of rotatable bonds is 5. The first-order valence-corrected chi connectivity index (χ1v) is 9.35. The van der Waals surface area contributed by atoms with E-state index in [9.17, 15) is 9.59 Å². The van der Waals surface area contributed by atoms with Crippen LogP contribution in [0.15, 0.2) is 48.8 Å². The molecule has 0 unspecified atom stereocenters. The van der Waals surface area contributed by atoms with Crippen molar-refractivity contribution in [1.82, 2.24) is 19.6 Å². The summed E-state index contributed by atoms with van der Waals surface area (Å²) in [6, 6.07) is 11.2. The molecule has 1 N–H and O–H groups in total. The highest BCUT2D eigenvalue weighted by Gasteiger charge is 2.24. The molecule has 1 aliphatic rings. The quantitative estimate of drug-likeness (QED) is 0.739. The zero-order chi connectivity index (χ0) is 19.5. The van der Waals surface area contributed by atoms with Crippen LogP contribution in [-0.2, 0) is 16.1 Å². The Bertz CT molecular complexity index is 975. The Balaban J connectivity index is 1.32. The van der Waals surface area contributed by atoms with Crippen molar-refractivity contribution in [3.8, 4) is 5.69 Å². The number of nitrogens with zero attached hydrogens (tertiary/aromatic N) is 5. The first-order valence-electron chi connectivity index (χ1n) is 9.35. The molecule has 8 heteroatoms. The lowest BCUT2D eigenvalue weighted by Crippen LogP contribution is -2.37. The lowest BCUT2D eigenvalue weighted by atomic mass is 10.2. The molecule has 0 fully saturated rings. The Morgan fingerprint density at radius 3 is 2.71 bits per heavy atom. The van der Waals surface area contributed by atoms with Crippen LogP contribution >= 0.6 is 0 Å². The zero-order valence-corrected chi connectivity index (χ0v) is 15.7. The number of anilines is 2. The van der Waals surface area contributed by atoms with Crippen LogP contribution in [0.3, 0.4) is 0 Å². The molecule has 8 nitrogen and oxygen atoms in total. The summed E-state index contributed by atoms with van der Waals surface area (Å²) in [6.45, 7) is 3.40. The molecule has 3 heterocycles. The average Bonchev–Trinajstić information content (AvgIpc) is 3.35. The van der Waals surface area contributed by atoms with Gasteiger partial charge in [0, 0.05) is 50.1 Å². The third-order valence-corrected chi connectivity index (χ3v) is 4.70. The van der Waals surface area contributed by atoms with E-state index >= 15 is 0 Å². The maximum atomic E-state index is 12.6. The standard InChI is InChI=1S/C20H22N6O2/c1-15-14-19-24(11-3-13-26(19)23-15)20(28)9-8-18(27)22-16-4-6-17(7-5-16)25-12-2-10-21-25/h2,4-7,10,12,14H,3,8-9,11,13H2,1H3,(H,22,27). The molecule has 0 saturated heterocycles. The summed E-state index contributed by atoms with van der Waals surface area (Å²) >= 11 is 0.